The van der Waals surface area contributed by atoms with Crippen molar-refractivity contribution in [2.24, 2.45) is 13.0 Å². The van der Waals surface area contributed by atoms with Crippen molar-refractivity contribution < 1.29 is 9.53 Å². The summed E-state index contributed by atoms with van der Waals surface area (Å²) >= 11 is 6.03. The molecule has 1 saturated heterocycles. The van der Waals surface area contributed by atoms with Crippen LogP contribution in [-0.2, 0) is 11.8 Å². The topological polar surface area (TPSA) is 59.4 Å². The predicted octanol–water partition coefficient (Wildman–Crippen LogP) is 2.67. The van der Waals surface area contributed by atoms with Crippen molar-refractivity contribution in [2.45, 2.75) is 18.7 Å². The number of amides is 1. The van der Waals surface area contributed by atoms with Gasteiger partial charge < -0.3 is 19.5 Å². The number of halogens is 1. The first-order chi connectivity index (χ1) is 11.6. The van der Waals surface area contributed by atoms with Gasteiger partial charge in [-0.3, -0.25) is 4.79 Å². The van der Waals surface area contributed by atoms with Crippen LogP contribution in [0.15, 0.2) is 30.6 Å². The highest BCUT2D eigenvalue weighted by Crippen LogP contribution is 2.40. The van der Waals surface area contributed by atoms with Gasteiger partial charge in [0, 0.05) is 49.7 Å². The van der Waals surface area contributed by atoms with Crippen LogP contribution in [0.1, 0.15) is 28.7 Å². The van der Waals surface area contributed by atoms with Gasteiger partial charge in [0.05, 0.1) is 5.56 Å². The van der Waals surface area contributed by atoms with Crippen LogP contribution in [0.5, 0.6) is 0 Å². The average molecular weight is 347 g/mol. The Kier molecular flexibility index (Phi) is 3.73. The van der Waals surface area contributed by atoms with Crippen molar-refractivity contribution >= 4 is 23.2 Å². The lowest BCUT2D eigenvalue weighted by Crippen LogP contribution is -2.51. The smallest absolute Gasteiger partial charge is 0.257 e. The molecule has 1 unspecified atom stereocenters. The molecule has 4 rings (SSSR count). The van der Waals surface area contributed by atoms with Crippen LogP contribution in [0.3, 0.4) is 0 Å². The third kappa shape index (κ3) is 2.37. The molecule has 0 radical (unpaired) electrons. The molecule has 6 nitrogen and oxygen atoms in total. The minimum absolute atomic E-state index is 0.0262. The van der Waals surface area contributed by atoms with Crippen LogP contribution in [0.25, 0.3) is 0 Å². The highest BCUT2D eigenvalue weighted by Gasteiger charge is 2.43. The van der Waals surface area contributed by atoms with Gasteiger partial charge >= 0.3 is 0 Å². The number of rotatable bonds is 2. The van der Waals surface area contributed by atoms with Gasteiger partial charge in [-0.05, 0) is 24.6 Å². The summed E-state index contributed by atoms with van der Waals surface area (Å²) in [5.41, 5.74) is 1.42. The molecule has 1 N–H and O–H groups in total. The third-order valence-corrected chi connectivity index (χ3v) is 5.14. The van der Waals surface area contributed by atoms with E-state index in [1.54, 1.807) is 23.2 Å². The molecule has 1 fully saturated rings. The zero-order valence-corrected chi connectivity index (χ0v) is 14.3. The molecule has 0 bridgehead atoms. The number of benzene rings is 1. The number of aromatic nitrogens is 2. The molecular formula is C17H19ClN4O2. The van der Waals surface area contributed by atoms with E-state index >= 15 is 0 Å². The van der Waals surface area contributed by atoms with E-state index in [4.69, 9.17) is 16.3 Å². The fourth-order valence-electron chi connectivity index (χ4n) is 3.63. The van der Waals surface area contributed by atoms with Gasteiger partial charge in [-0.2, -0.15) is 0 Å². The molecule has 1 aromatic carbocycles. The lowest BCUT2D eigenvalue weighted by molar-refractivity contribution is 0.0459. The lowest BCUT2D eigenvalue weighted by Gasteiger charge is -2.40. The Morgan fingerprint density at radius 1 is 1.38 bits per heavy atom. The van der Waals surface area contributed by atoms with E-state index < -0.39 is 0 Å². The van der Waals surface area contributed by atoms with Gasteiger partial charge in [0.2, 0.25) is 0 Å². The van der Waals surface area contributed by atoms with Gasteiger partial charge in [-0.25, -0.2) is 4.98 Å². The lowest BCUT2D eigenvalue weighted by atomic mass is 9.93. The largest absolute Gasteiger partial charge is 0.370 e. The second-order valence-corrected chi connectivity index (χ2v) is 6.77. The molecule has 7 heteroatoms. The van der Waals surface area contributed by atoms with Gasteiger partial charge in [0.15, 0.2) is 0 Å². The monoisotopic (exact) mass is 346 g/mol. The van der Waals surface area contributed by atoms with Crippen molar-refractivity contribution in [3.63, 3.8) is 0 Å². The summed E-state index contributed by atoms with van der Waals surface area (Å²) in [7, 11) is 3.78. The number of hydrogen-bond acceptors (Lipinski definition) is 4. The normalized spacial score (nSPS) is 26.4. The molecule has 1 amide bonds. The Morgan fingerprint density at radius 2 is 2.21 bits per heavy atom. The first-order valence-electron chi connectivity index (χ1n) is 7.98. The Bertz CT molecular complexity index is 791. The van der Waals surface area contributed by atoms with Crippen molar-refractivity contribution in [3.8, 4) is 0 Å². The zero-order valence-electron chi connectivity index (χ0n) is 13.6. The second kappa shape index (κ2) is 5.79. The number of nitrogens with one attached hydrogen (secondary N) is 1. The van der Waals surface area contributed by atoms with E-state index in [-0.39, 0.29) is 24.1 Å². The molecule has 3 heterocycles. The maximum atomic E-state index is 12.8. The molecule has 0 spiro atoms. The number of fused-ring (bicyclic) bond motifs is 1. The summed E-state index contributed by atoms with van der Waals surface area (Å²) < 4.78 is 7.93. The van der Waals surface area contributed by atoms with Gasteiger partial charge in [-0.15, -0.1) is 0 Å². The highest BCUT2D eigenvalue weighted by molar-refractivity contribution is 6.31. The average Bonchev–Trinajstić information content (AvgIpc) is 3.19. The molecular weight excluding hydrogens is 328 g/mol. The molecule has 3 atom stereocenters. The van der Waals surface area contributed by atoms with Crippen molar-refractivity contribution in [2.75, 3.05) is 19.0 Å². The number of aryl methyl sites for hydroxylation is 1. The van der Waals surface area contributed by atoms with Gasteiger partial charge in [0.25, 0.3) is 5.91 Å². The quantitative estimate of drug-likeness (QED) is 0.908. The van der Waals surface area contributed by atoms with Crippen molar-refractivity contribution in [1.82, 2.24) is 14.5 Å². The van der Waals surface area contributed by atoms with E-state index in [1.807, 2.05) is 30.9 Å². The molecule has 2 aliphatic heterocycles. The third-order valence-electron chi connectivity index (χ3n) is 4.91. The highest BCUT2D eigenvalue weighted by atomic mass is 35.5. The standard InChI is InChI=1S/C17H19ClN4O2/c1-21-7-6-19-16(21)14-11(5-8-24-14)15-20-13-4-3-10(18)9-12(13)17(23)22(15)2/h3-4,6-7,9,11,14-15,20H,5,8H2,1-2H3/t11-,14-,15?/m1/s1. The fourth-order valence-corrected chi connectivity index (χ4v) is 3.80. The second-order valence-electron chi connectivity index (χ2n) is 6.34. The molecule has 2 aromatic rings. The van der Waals surface area contributed by atoms with E-state index in [9.17, 15) is 4.79 Å². The Labute approximate surface area is 145 Å². The van der Waals surface area contributed by atoms with Gasteiger partial charge in [-0.1, -0.05) is 11.6 Å². The first-order valence-corrected chi connectivity index (χ1v) is 8.36. The minimum atomic E-state index is -0.143. The molecule has 1 aromatic heterocycles. The number of imidazole rings is 1. The SMILES string of the molecule is CN1C(=O)c2cc(Cl)ccc2NC1[C@@H]1CCO[C@H]1c1nccn1C. The van der Waals surface area contributed by atoms with Crippen LogP contribution in [-0.4, -0.2) is 40.2 Å². The summed E-state index contributed by atoms with van der Waals surface area (Å²) in [5.74, 6) is 0.993. The van der Waals surface area contributed by atoms with Crippen LogP contribution < -0.4 is 5.32 Å². The summed E-state index contributed by atoms with van der Waals surface area (Å²) in [6.07, 6.45) is 4.28. The molecule has 2 aliphatic rings. The van der Waals surface area contributed by atoms with Crippen LogP contribution in [0, 0.1) is 5.92 Å². The fraction of sp³-hybridized carbons (Fsp3) is 0.412. The maximum absolute atomic E-state index is 12.8. The summed E-state index contributed by atoms with van der Waals surface area (Å²) in [4.78, 5) is 18.9. The van der Waals surface area contributed by atoms with Crippen LogP contribution in [0.4, 0.5) is 5.69 Å². The van der Waals surface area contributed by atoms with E-state index in [2.05, 4.69) is 10.3 Å². The number of nitrogens with zero attached hydrogens (tertiary/aromatic N) is 3. The molecule has 24 heavy (non-hydrogen) atoms. The molecule has 126 valence electrons. The number of carbonyl (C=O) groups is 1. The number of carbonyl (C=O) groups excluding carboxylic acids is 1. The summed E-state index contributed by atoms with van der Waals surface area (Å²) in [6, 6.07) is 5.37. The first kappa shape index (κ1) is 15.5. The predicted molar refractivity (Wildman–Crippen MR) is 91.0 cm³/mol. The zero-order chi connectivity index (χ0) is 16.8. The minimum Gasteiger partial charge on any atom is -0.370 e. The maximum Gasteiger partial charge on any atom is 0.257 e. The summed E-state index contributed by atoms with van der Waals surface area (Å²) in [6.45, 7) is 0.663. The van der Waals surface area contributed by atoms with Crippen molar-refractivity contribution in [3.05, 3.63) is 47.0 Å². The Balaban J connectivity index is 1.68. The van der Waals surface area contributed by atoms with Crippen LogP contribution >= 0.6 is 11.6 Å². The van der Waals surface area contributed by atoms with Gasteiger partial charge in [0.1, 0.15) is 18.1 Å². The number of anilines is 1. The van der Waals surface area contributed by atoms with E-state index in [0.29, 0.717) is 17.2 Å². The Hall–Kier alpha value is -2.05. The number of hydrogen-bond donors (Lipinski definition) is 1. The van der Waals surface area contributed by atoms with Crippen molar-refractivity contribution in [1.29, 1.82) is 0 Å². The number of ether oxygens (including phenoxy) is 1. The van der Waals surface area contributed by atoms with Crippen LogP contribution in [0.2, 0.25) is 5.02 Å². The summed E-state index contributed by atoms with van der Waals surface area (Å²) in [5, 5.41) is 4.05. The van der Waals surface area contributed by atoms with E-state index in [1.165, 1.54) is 0 Å². The Morgan fingerprint density at radius 3 is 2.96 bits per heavy atom. The molecule has 0 aliphatic carbocycles. The van der Waals surface area contributed by atoms with E-state index in [0.717, 1.165) is 17.9 Å². The molecule has 0 saturated carbocycles.